The van der Waals surface area contributed by atoms with Crippen molar-refractivity contribution >= 4 is 21.6 Å². The minimum atomic E-state index is -4.61. The molecule has 1 unspecified atom stereocenters. The Labute approximate surface area is 194 Å². The molecule has 0 saturated heterocycles. The van der Waals surface area contributed by atoms with E-state index in [1.165, 1.54) is 24.3 Å². The van der Waals surface area contributed by atoms with Gasteiger partial charge in [0.1, 0.15) is 16.8 Å². The van der Waals surface area contributed by atoms with E-state index in [1.54, 1.807) is 19.2 Å². The largest absolute Gasteiger partial charge is 0.497 e. The molecule has 178 valence electrons. The number of benzene rings is 3. The molecule has 0 fully saturated rings. The molecule has 1 heterocycles. The van der Waals surface area contributed by atoms with Crippen LogP contribution in [0.3, 0.4) is 0 Å². The number of hydrogen-bond donors (Lipinski definition) is 3. The molecule has 1 aliphatic heterocycles. The van der Waals surface area contributed by atoms with Crippen LogP contribution in [0.2, 0.25) is 0 Å². The molecular formula is C23H20F3N3O4S. The van der Waals surface area contributed by atoms with Crippen LogP contribution in [0.15, 0.2) is 71.6 Å². The Kier molecular flexibility index (Phi) is 6.24. The summed E-state index contributed by atoms with van der Waals surface area (Å²) in [7, 11) is -2.48. The van der Waals surface area contributed by atoms with Crippen LogP contribution in [-0.2, 0) is 22.7 Å². The number of methoxy groups -OCH3 is 1. The second kappa shape index (κ2) is 8.99. The Morgan fingerprint density at radius 1 is 1.03 bits per heavy atom. The van der Waals surface area contributed by atoms with Gasteiger partial charge in [0, 0.05) is 12.1 Å². The van der Waals surface area contributed by atoms with Gasteiger partial charge in [-0.3, -0.25) is 4.79 Å². The summed E-state index contributed by atoms with van der Waals surface area (Å²) in [4.78, 5) is 12.2. The second-order valence-electron chi connectivity index (χ2n) is 7.56. The van der Waals surface area contributed by atoms with Gasteiger partial charge >= 0.3 is 6.18 Å². The number of rotatable bonds is 5. The van der Waals surface area contributed by atoms with E-state index < -0.39 is 27.9 Å². The van der Waals surface area contributed by atoms with E-state index in [0.29, 0.717) is 23.4 Å². The predicted octanol–water partition coefficient (Wildman–Crippen LogP) is 4.05. The fraction of sp³-hybridized carbons (Fsp3) is 0.174. The lowest BCUT2D eigenvalue weighted by Gasteiger charge is -2.29. The van der Waals surface area contributed by atoms with Crippen LogP contribution in [0, 0.1) is 0 Å². The highest BCUT2D eigenvalue weighted by Crippen LogP contribution is 2.37. The van der Waals surface area contributed by atoms with Crippen LogP contribution >= 0.6 is 0 Å². The summed E-state index contributed by atoms with van der Waals surface area (Å²) >= 11 is 0. The lowest BCUT2D eigenvalue weighted by atomic mass is 10.1. The molecular weight excluding hydrogens is 471 g/mol. The fourth-order valence-electron chi connectivity index (χ4n) is 3.46. The number of anilines is 1. The van der Waals surface area contributed by atoms with Crippen molar-refractivity contribution in [3.05, 3.63) is 89.0 Å². The van der Waals surface area contributed by atoms with Gasteiger partial charge in [0.25, 0.3) is 5.91 Å². The molecule has 11 heteroatoms. The van der Waals surface area contributed by atoms with Crippen LogP contribution in [0.1, 0.15) is 33.2 Å². The quantitative estimate of drug-likeness (QED) is 0.501. The molecule has 1 atom stereocenters. The Morgan fingerprint density at radius 2 is 1.71 bits per heavy atom. The summed E-state index contributed by atoms with van der Waals surface area (Å²) in [5, 5.41) is 5.57. The first-order chi connectivity index (χ1) is 16.1. The van der Waals surface area contributed by atoms with E-state index >= 15 is 0 Å². The summed E-state index contributed by atoms with van der Waals surface area (Å²) in [6.07, 6.45) is -5.61. The smallest absolute Gasteiger partial charge is 0.416 e. The first kappa shape index (κ1) is 23.6. The number of halogens is 3. The Morgan fingerprint density at radius 3 is 2.32 bits per heavy atom. The summed E-state index contributed by atoms with van der Waals surface area (Å²) in [6, 6.07) is 15.7. The molecule has 0 aliphatic carbocycles. The van der Waals surface area contributed by atoms with Crippen molar-refractivity contribution in [2.24, 2.45) is 0 Å². The molecule has 0 bridgehead atoms. The molecule has 0 saturated carbocycles. The molecule has 0 aromatic heterocycles. The third-order valence-electron chi connectivity index (χ3n) is 5.29. The van der Waals surface area contributed by atoms with Crippen molar-refractivity contribution in [1.29, 1.82) is 0 Å². The number of nitrogens with one attached hydrogen (secondary N) is 3. The summed E-state index contributed by atoms with van der Waals surface area (Å²) < 4.78 is 71.8. The second-order valence-corrected chi connectivity index (χ2v) is 9.24. The van der Waals surface area contributed by atoms with Gasteiger partial charge in [0.05, 0.1) is 18.4 Å². The monoisotopic (exact) mass is 491 g/mol. The van der Waals surface area contributed by atoms with Crippen LogP contribution in [0.5, 0.6) is 5.75 Å². The average Bonchev–Trinajstić information content (AvgIpc) is 2.81. The minimum Gasteiger partial charge on any atom is -0.497 e. The summed E-state index contributed by atoms with van der Waals surface area (Å²) in [5.41, 5.74) is 0.538. The number of carbonyl (C=O) groups is 1. The van der Waals surface area contributed by atoms with Gasteiger partial charge in [-0.1, -0.05) is 24.3 Å². The van der Waals surface area contributed by atoms with Crippen LogP contribution in [0.4, 0.5) is 18.9 Å². The van der Waals surface area contributed by atoms with Crippen molar-refractivity contribution in [2.75, 3.05) is 12.4 Å². The third-order valence-corrected chi connectivity index (χ3v) is 6.77. The Hall–Kier alpha value is -3.57. The maximum absolute atomic E-state index is 13.1. The number of carbonyl (C=O) groups excluding carboxylic acids is 1. The molecule has 1 amide bonds. The number of sulfonamides is 1. The standard InChI is InChI=1S/C23H20F3N3O4S/c1-33-18-9-2-14(3-10-18)13-27-22(30)16-6-4-15(5-7-16)21-28-19-12-17(23(24,25)26)8-11-20(19)34(31,32)29-21/h2-12,21,28-29H,13H2,1H3,(H,27,30). The van der Waals surface area contributed by atoms with Gasteiger partial charge in [-0.15, -0.1) is 0 Å². The van der Waals surface area contributed by atoms with Crippen LogP contribution in [-0.4, -0.2) is 21.4 Å². The highest BCUT2D eigenvalue weighted by Gasteiger charge is 2.35. The van der Waals surface area contributed by atoms with Crippen LogP contribution in [0.25, 0.3) is 0 Å². The zero-order chi connectivity index (χ0) is 24.5. The lowest BCUT2D eigenvalue weighted by Crippen LogP contribution is -2.38. The van der Waals surface area contributed by atoms with Gasteiger partial charge in [-0.25, -0.2) is 8.42 Å². The Bertz CT molecular complexity index is 1310. The fourth-order valence-corrected chi connectivity index (χ4v) is 4.75. The number of ether oxygens (including phenoxy) is 1. The van der Waals surface area contributed by atoms with E-state index in [9.17, 15) is 26.4 Å². The molecule has 7 nitrogen and oxygen atoms in total. The summed E-state index contributed by atoms with van der Waals surface area (Å²) in [6.45, 7) is 0.298. The minimum absolute atomic E-state index is 0.153. The average molecular weight is 491 g/mol. The maximum atomic E-state index is 13.1. The van der Waals surface area contributed by atoms with E-state index in [1.807, 2.05) is 12.1 Å². The highest BCUT2D eigenvalue weighted by molar-refractivity contribution is 7.89. The zero-order valence-corrected chi connectivity index (χ0v) is 18.6. The number of hydrogen-bond acceptors (Lipinski definition) is 5. The van der Waals surface area contributed by atoms with Gasteiger partial charge in [0.15, 0.2) is 0 Å². The van der Waals surface area contributed by atoms with E-state index in [0.717, 1.165) is 23.8 Å². The molecule has 0 radical (unpaired) electrons. The van der Waals surface area contributed by atoms with E-state index in [4.69, 9.17) is 4.74 Å². The zero-order valence-electron chi connectivity index (χ0n) is 17.8. The van der Waals surface area contributed by atoms with Crippen molar-refractivity contribution in [1.82, 2.24) is 10.0 Å². The first-order valence-electron chi connectivity index (χ1n) is 10.1. The van der Waals surface area contributed by atoms with Gasteiger partial charge < -0.3 is 15.4 Å². The van der Waals surface area contributed by atoms with Crippen LogP contribution < -0.4 is 20.1 Å². The molecule has 4 rings (SSSR count). The maximum Gasteiger partial charge on any atom is 0.416 e. The lowest BCUT2D eigenvalue weighted by molar-refractivity contribution is -0.137. The molecule has 3 aromatic carbocycles. The van der Waals surface area contributed by atoms with E-state index in [2.05, 4.69) is 15.4 Å². The SMILES string of the molecule is COc1ccc(CNC(=O)c2ccc(C3Nc4cc(C(F)(F)F)ccc4S(=O)(=O)N3)cc2)cc1. The third kappa shape index (κ3) is 5.00. The molecule has 0 spiro atoms. The number of fused-ring (bicyclic) bond motifs is 1. The first-order valence-corrected chi connectivity index (χ1v) is 11.6. The van der Waals surface area contributed by atoms with E-state index in [-0.39, 0.29) is 16.5 Å². The molecule has 1 aliphatic rings. The normalized spacial score (nSPS) is 16.8. The number of amides is 1. The van der Waals surface area contributed by atoms with Gasteiger partial charge in [0.2, 0.25) is 10.0 Å². The Balaban J connectivity index is 1.47. The molecule has 3 N–H and O–H groups in total. The van der Waals surface area contributed by atoms with Gasteiger partial charge in [-0.05, 0) is 53.6 Å². The van der Waals surface area contributed by atoms with Crippen molar-refractivity contribution in [3.63, 3.8) is 0 Å². The van der Waals surface area contributed by atoms with Crippen molar-refractivity contribution < 1.29 is 31.1 Å². The summed E-state index contributed by atoms with van der Waals surface area (Å²) in [5.74, 6) is 0.370. The highest BCUT2D eigenvalue weighted by atomic mass is 32.2. The predicted molar refractivity (Wildman–Crippen MR) is 119 cm³/mol. The molecule has 34 heavy (non-hydrogen) atoms. The topological polar surface area (TPSA) is 96.5 Å². The molecule has 3 aromatic rings. The van der Waals surface area contributed by atoms with Crippen molar-refractivity contribution in [2.45, 2.75) is 23.8 Å². The number of alkyl halides is 3. The van der Waals surface area contributed by atoms with Crippen molar-refractivity contribution in [3.8, 4) is 5.75 Å². The van der Waals surface area contributed by atoms with Gasteiger partial charge in [-0.2, -0.15) is 17.9 Å².